The summed E-state index contributed by atoms with van der Waals surface area (Å²) in [6.07, 6.45) is 2.84. The number of amides is 4. The van der Waals surface area contributed by atoms with Gasteiger partial charge in [-0.25, -0.2) is 4.79 Å². The van der Waals surface area contributed by atoms with Crippen molar-refractivity contribution >= 4 is 29.6 Å². The van der Waals surface area contributed by atoms with Crippen LogP contribution in [-0.4, -0.2) is 59.5 Å². The topological polar surface area (TPSA) is 142 Å². The first-order valence-electron chi connectivity index (χ1n) is 9.55. The van der Waals surface area contributed by atoms with Crippen molar-refractivity contribution in [1.82, 2.24) is 36.0 Å². The summed E-state index contributed by atoms with van der Waals surface area (Å²) in [5.41, 5.74) is 2.10. The molecule has 2 fully saturated rings. The average molecular weight is 431 g/mol. The number of carbonyl (C=O) groups is 3. The van der Waals surface area contributed by atoms with Crippen LogP contribution in [0.5, 0.6) is 5.75 Å². The molecule has 0 unspecified atom stereocenters. The van der Waals surface area contributed by atoms with Gasteiger partial charge in [0.15, 0.2) is 0 Å². The van der Waals surface area contributed by atoms with Gasteiger partial charge in [-0.15, -0.1) is 5.10 Å². The normalized spacial score (nSPS) is 23.6. The Morgan fingerprint density at radius 3 is 2.70 bits per heavy atom. The molecule has 1 saturated carbocycles. The van der Waals surface area contributed by atoms with Crippen molar-refractivity contribution in [2.75, 3.05) is 5.75 Å². The highest BCUT2D eigenvalue weighted by Gasteiger charge is 2.52. The first-order chi connectivity index (χ1) is 14.4. The molecule has 12 heteroatoms. The Morgan fingerprint density at radius 1 is 1.30 bits per heavy atom. The minimum atomic E-state index is -0.910. The van der Waals surface area contributed by atoms with Crippen molar-refractivity contribution in [2.45, 2.75) is 43.3 Å². The van der Waals surface area contributed by atoms with E-state index in [1.807, 2.05) is 0 Å². The maximum Gasteiger partial charge on any atom is 0.344 e. The van der Waals surface area contributed by atoms with E-state index >= 15 is 0 Å². The number of aromatic nitrogens is 4. The lowest BCUT2D eigenvalue weighted by Crippen LogP contribution is -2.51. The Balaban J connectivity index is 1.37. The number of urea groups is 1. The van der Waals surface area contributed by atoms with Crippen molar-refractivity contribution in [1.29, 1.82) is 0 Å². The monoisotopic (exact) mass is 431 g/mol. The molecular weight excluding hydrogens is 410 g/mol. The third kappa shape index (κ3) is 3.82. The summed E-state index contributed by atoms with van der Waals surface area (Å²) < 4.78 is 1.42. The van der Waals surface area contributed by atoms with E-state index < -0.39 is 23.4 Å². The van der Waals surface area contributed by atoms with E-state index in [0.717, 1.165) is 29.6 Å². The number of imide groups is 1. The molecule has 1 spiro atoms. The van der Waals surface area contributed by atoms with Gasteiger partial charge in [0, 0.05) is 0 Å². The zero-order chi connectivity index (χ0) is 21.3. The summed E-state index contributed by atoms with van der Waals surface area (Å²) in [7, 11) is 0. The fourth-order valence-electron chi connectivity index (χ4n) is 3.63. The molecule has 1 aliphatic heterocycles. The first-order valence-corrected chi connectivity index (χ1v) is 10.5. The van der Waals surface area contributed by atoms with Crippen molar-refractivity contribution < 1.29 is 19.5 Å². The third-order valence-corrected chi connectivity index (χ3v) is 6.31. The number of aromatic hydroxyl groups is 1. The summed E-state index contributed by atoms with van der Waals surface area (Å²) in [5.74, 6) is -0.407. The predicted molar refractivity (Wildman–Crippen MR) is 105 cm³/mol. The van der Waals surface area contributed by atoms with Gasteiger partial charge in [0.25, 0.3) is 5.91 Å². The fraction of sp³-hybridized carbons (Fsp3) is 0.444. The lowest BCUT2D eigenvalue weighted by Gasteiger charge is -2.33. The van der Waals surface area contributed by atoms with Crippen LogP contribution in [0.1, 0.15) is 32.6 Å². The molecule has 1 saturated heterocycles. The number of rotatable bonds is 5. The van der Waals surface area contributed by atoms with E-state index in [1.165, 1.54) is 16.8 Å². The van der Waals surface area contributed by atoms with E-state index in [1.54, 1.807) is 12.1 Å². The van der Waals surface area contributed by atoms with Gasteiger partial charge in [-0.2, -0.15) is 9.69 Å². The Kier molecular flexibility index (Phi) is 5.33. The van der Waals surface area contributed by atoms with Crippen molar-refractivity contribution in [3.8, 4) is 11.4 Å². The van der Waals surface area contributed by atoms with Crippen LogP contribution in [0.4, 0.5) is 4.79 Å². The van der Waals surface area contributed by atoms with Crippen molar-refractivity contribution in [2.24, 2.45) is 5.92 Å². The van der Waals surface area contributed by atoms with Gasteiger partial charge < -0.3 is 10.4 Å². The second-order valence-corrected chi connectivity index (χ2v) is 8.49. The quantitative estimate of drug-likeness (QED) is 0.470. The van der Waals surface area contributed by atoms with Crippen LogP contribution in [0.25, 0.3) is 5.69 Å². The molecule has 2 heterocycles. The number of hydrogen-bond donors (Lipinski definition) is 3. The highest BCUT2D eigenvalue weighted by atomic mass is 32.2. The molecule has 2 aromatic rings. The van der Waals surface area contributed by atoms with Gasteiger partial charge >= 0.3 is 6.03 Å². The molecule has 4 amide bonds. The zero-order valence-corrected chi connectivity index (χ0v) is 17.1. The molecule has 0 atom stereocenters. The standard InChI is InChI=1S/C18H21N7O4S/c1-11-6-8-18(9-7-11)15(28)25(16(29)19-18)21-14(27)10-30-17-20-22-23-24(17)12-2-4-13(26)5-3-12/h2-5,11,26H,6-10H2,1H3,(H,19,29)(H,21,27). The largest absolute Gasteiger partial charge is 0.508 e. The maximum absolute atomic E-state index is 12.8. The molecule has 3 N–H and O–H groups in total. The van der Waals surface area contributed by atoms with Crippen LogP contribution in [0.3, 0.4) is 0 Å². The van der Waals surface area contributed by atoms with E-state index in [-0.39, 0.29) is 11.5 Å². The van der Waals surface area contributed by atoms with E-state index in [4.69, 9.17) is 0 Å². The molecule has 158 valence electrons. The summed E-state index contributed by atoms with van der Waals surface area (Å²) in [6.45, 7) is 2.12. The Morgan fingerprint density at radius 2 is 2.00 bits per heavy atom. The number of tetrazole rings is 1. The lowest BCUT2D eigenvalue weighted by atomic mass is 9.77. The molecule has 2 aliphatic rings. The number of benzene rings is 1. The zero-order valence-electron chi connectivity index (χ0n) is 16.2. The van der Waals surface area contributed by atoms with Crippen LogP contribution < -0.4 is 10.7 Å². The third-order valence-electron chi connectivity index (χ3n) is 5.39. The van der Waals surface area contributed by atoms with Crippen LogP contribution in [0, 0.1) is 5.92 Å². The second-order valence-electron chi connectivity index (χ2n) is 7.55. The molecule has 1 aromatic carbocycles. The van der Waals surface area contributed by atoms with Crippen LogP contribution in [-0.2, 0) is 9.59 Å². The molecule has 0 bridgehead atoms. The Hall–Kier alpha value is -3.15. The predicted octanol–water partition coefficient (Wildman–Crippen LogP) is 0.992. The van der Waals surface area contributed by atoms with Gasteiger partial charge in [0.1, 0.15) is 11.3 Å². The lowest BCUT2D eigenvalue weighted by molar-refractivity contribution is -0.139. The van der Waals surface area contributed by atoms with Crippen molar-refractivity contribution in [3.05, 3.63) is 24.3 Å². The Labute approximate surface area is 176 Å². The van der Waals surface area contributed by atoms with E-state index in [2.05, 4.69) is 33.2 Å². The van der Waals surface area contributed by atoms with Gasteiger partial charge in [-0.1, -0.05) is 18.7 Å². The number of thioether (sulfide) groups is 1. The van der Waals surface area contributed by atoms with E-state index in [0.29, 0.717) is 29.6 Å². The summed E-state index contributed by atoms with van der Waals surface area (Å²) in [6, 6.07) is 5.65. The van der Waals surface area contributed by atoms with Crippen LogP contribution in [0.15, 0.2) is 29.4 Å². The fourth-order valence-corrected chi connectivity index (χ4v) is 4.31. The summed E-state index contributed by atoms with van der Waals surface area (Å²) >= 11 is 1.06. The number of phenolic OH excluding ortho intramolecular Hbond substituents is 1. The molecule has 1 aliphatic carbocycles. The SMILES string of the molecule is CC1CCC2(CC1)NC(=O)N(NC(=O)CSc1nnnn1-c1ccc(O)cc1)C2=O. The smallest absolute Gasteiger partial charge is 0.344 e. The summed E-state index contributed by atoms with van der Waals surface area (Å²) in [4.78, 5) is 37.5. The number of nitrogens with one attached hydrogen (secondary N) is 2. The summed E-state index contributed by atoms with van der Waals surface area (Å²) in [5, 5.41) is 24.7. The van der Waals surface area contributed by atoms with Crippen LogP contribution in [0.2, 0.25) is 0 Å². The van der Waals surface area contributed by atoms with E-state index in [9.17, 15) is 19.5 Å². The molecule has 11 nitrogen and oxygen atoms in total. The second kappa shape index (κ2) is 7.94. The number of nitrogens with zero attached hydrogens (tertiary/aromatic N) is 5. The molecule has 1 aromatic heterocycles. The maximum atomic E-state index is 12.8. The molecular formula is C18H21N7O4S. The first kappa shape index (κ1) is 20.1. The minimum Gasteiger partial charge on any atom is -0.508 e. The molecule has 30 heavy (non-hydrogen) atoms. The highest BCUT2D eigenvalue weighted by molar-refractivity contribution is 7.99. The number of carbonyl (C=O) groups excluding carboxylic acids is 3. The molecule has 4 rings (SSSR count). The van der Waals surface area contributed by atoms with Gasteiger partial charge in [0.05, 0.1) is 11.4 Å². The average Bonchev–Trinajstić information content (AvgIpc) is 3.28. The number of hydrazine groups is 1. The highest BCUT2D eigenvalue weighted by Crippen LogP contribution is 2.35. The Bertz CT molecular complexity index is 969. The van der Waals surface area contributed by atoms with Crippen molar-refractivity contribution in [3.63, 3.8) is 0 Å². The van der Waals surface area contributed by atoms with Crippen LogP contribution >= 0.6 is 11.8 Å². The van der Waals surface area contributed by atoms with Gasteiger partial charge in [-0.3, -0.25) is 15.0 Å². The number of hydrogen-bond acceptors (Lipinski definition) is 8. The molecule has 0 radical (unpaired) electrons. The van der Waals surface area contributed by atoms with Gasteiger partial charge in [-0.05, 0) is 66.3 Å². The minimum absolute atomic E-state index is 0.0977. The van der Waals surface area contributed by atoms with Gasteiger partial charge in [0.2, 0.25) is 11.1 Å². The number of phenols is 1.